The first-order chi connectivity index (χ1) is 14.3. The molecule has 0 aromatic heterocycles. The molecule has 0 amide bonds. The average molecular weight is 442 g/mol. The molecule has 0 fully saturated rings. The van der Waals surface area contributed by atoms with Gasteiger partial charge < -0.3 is 5.11 Å². The third kappa shape index (κ3) is 4.97. The van der Waals surface area contributed by atoms with Crippen molar-refractivity contribution < 1.29 is 18.3 Å². The highest BCUT2D eigenvalue weighted by Crippen LogP contribution is 2.25. The van der Waals surface area contributed by atoms with Crippen molar-refractivity contribution in [1.29, 1.82) is 0 Å². The van der Waals surface area contributed by atoms with Crippen molar-refractivity contribution in [3.63, 3.8) is 0 Å². The Labute approximate surface area is 180 Å². The third-order valence-corrected chi connectivity index (χ3v) is 6.40. The van der Waals surface area contributed by atoms with Crippen LogP contribution in [0.25, 0.3) is 11.1 Å². The number of carboxylic acids is 1. The lowest BCUT2D eigenvalue weighted by molar-refractivity contribution is -0.139. The van der Waals surface area contributed by atoms with Crippen LogP contribution in [0.15, 0.2) is 96.4 Å². The second-order valence-corrected chi connectivity index (χ2v) is 8.79. The van der Waals surface area contributed by atoms with Crippen LogP contribution in [0.1, 0.15) is 11.5 Å². The van der Waals surface area contributed by atoms with Crippen LogP contribution in [-0.2, 0) is 14.8 Å². The zero-order valence-corrected chi connectivity index (χ0v) is 17.5. The zero-order valence-electron chi connectivity index (χ0n) is 15.9. The number of nitrogens with one attached hydrogen (secondary N) is 1. The molecule has 2 N–H and O–H groups in total. The fourth-order valence-corrected chi connectivity index (χ4v) is 4.46. The highest BCUT2D eigenvalue weighted by Gasteiger charge is 2.32. The molecule has 1 unspecified atom stereocenters. The number of hydrogen-bond donors (Lipinski definition) is 2. The third-order valence-electron chi connectivity index (χ3n) is 4.69. The Kier molecular flexibility index (Phi) is 6.72. The first-order valence-corrected chi connectivity index (χ1v) is 11.0. The Bertz CT molecular complexity index is 1130. The van der Waals surface area contributed by atoms with E-state index in [1.165, 1.54) is 18.2 Å². The molecule has 0 saturated heterocycles. The number of sulfonamides is 1. The monoisotopic (exact) mass is 441 g/mol. The van der Waals surface area contributed by atoms with E-state index in [-0.39, 0.29) is 4.90 Å². The quantitative estimate of drug-likeness (QED) is 0.496. The van der Waals surface area contributed by atoms with Gasteiger partial charge in [-0.25, -0.2) is 8.42 Å². The molecule has 3 aromatic rings. The van der Waals surface area contributed by atoms with Gasteiger partial charge in [-0.1, -0.05) is 72.3 Å². The molecule has 7 heteroatoms. The van der Waals surface area contributed by atoms with Crippen molar-refractivity contribution in [2.45, 2.75) is 16.9 Å². The summed E-state index contributed by atoms with van der Waals surface area (Å²) in [6, 6.07) is 20.8. The molecule has 0 bridgehead atoms. The largest absolute Gasteiger partial charge is 0.480 e. The summed E-state index contributed by atoms with van der Waals surface area (Å²) in [5.74, 6) is -2.02. The van der Waals surface area contributed by atoms with E-state index < -0.39 is 28.0 Å². The number of benzene rings is 3. The summed E-state index contributed by atoms with van der Waals surface area (Å²) in [7, 11) is -4.07. The smallest absolute Gasteiger partial charge is 0.322 e. The molecule has 154 valence electrons. The number of halogens is 1. The van der Waals surface area contributed by atoms with Crippen LogP contribution in [0.5, 0.6) is 0 Å². The van der Waals surface area contributed by atoms with E-state index in [1.54, 1.807) is 54.6 Å². The summed E-state index contributed by atoms with van der Waals surface area (Å²) in [6.45, 7) is 3.69. The van der Waals surface area contributed by atoms with Gasteiger partial charge in [-0.05, 0) is 41.0 Å². The van der Waals surface area contributed by atoms with Crippen molar-refractivity contribution in [2.75, 3.05) is 0 Å². The molecule has 0 saturated carbocycles. The fraction of sp³-hybridized carbons (Fsp3) is 0.0870. The molecule has 0 aliphatic carbocycles. The highest BCUT2D eigenvalue weighted by molar-refractivity contribution is 7.89. The first-order valence-electron chi connectivity index (χ1n) is 9.10. The molecule has 0 radical (unpaired) electrons. The fourth-order valence-electron chi connectivity index (χ4n) is 3.12. The lowest BCUT2D eigenvalue weighted by Gasteiger charge is -2.22. The summed E-state index contributed by atoms with van der Waals surface area (Å²) in [4.78, 5) is 11.8. The normalized spacial score (nSPS) is 13.4. The molecule has 5 nitrogen and oxygen atoms in total. The topological polar surface area (TPSA) is 83.5 Å². The Balaban J connectivity index is 1.87. The number of rotatable bonds is 8. The molecule has 0 heterocycles. The summed E-state index contributed by atoms with van der Waals surface area (Å²) in [5, 5.41) is 10.3. The molecule has 0 aliphatic rings. The lowest BCUT2D eigenvalue weighted by Crippen LogP contribution is -2.44. The summed E-state index contributed by atoms with van der Waals surface area (Å²) in [6.07, 6.45) is 1.43. The molecule has 0 aliphatic heterocycles. The molecule has 30 heavy (non-hydrogen) atoms. The van der Waals surface area contributed by atoms with Crippen LogP contribution in [-0.4, -0.2) is 25.5 Å². The Hall–Kier alpha value is -2.93. The van der Waals surface area contributed by atoms with Gasteiger partial charge in [0.1, 0.15) is 6.04 Å². The van der Waals surface area contributed by atoms with E-state index in [4.69, 9.17) is 11.6 Å². The lowest BCUT2D eigenvalue weighted by atomic mass is 9.92. The Morgan fingerprint density at radius 1 is 0.933 bits per heavy atom. The Morgan fingerprint density at radius 3 is 1.97 bits per heavy atom. The number of carboxylic acid groups (broad SMARTS) is 1. The number of hydrogen-bond acceptors (Lipinski definition) is 3. The van der Waals surface area contributed by atoms with Gasteiger partial charge in [-0.3, -0.25) is 4.79 Å². The van der Waals surface area contributed by atoms with Gasteiger partial charge in [0.15, 0.2) is 0 Å². The van der Waals surface area contributed by atoms with E-state index in [2.05, 4.69) is 11.3 Å². The van der Waals surface area contributed by atoms with E-state index >= 15 is 0 Å². The van der Waals surface area contributed by atoms with Crippen molar-refractivity contribution in [1.82, 2.24) is 4.72 Å². The second-order valence-electron chi connectivity index (χ2n) is 6.64. The van der Waals surface area contributed by atoms with E-state index in [0.717, 1.165) is 11.1 Å². The maximum atomic E-state index is 12.9. The Morgan fingerprint density at radius 2 is 1.47 bits per heavy atom. The molecular formula is C23H20ClNO4S. The summed E-state index contributed by atoms with van der Waals surface area (Å²) >= 11 is 5.90. The van der Waals surface area contributed by atoms with Gasteiger partial charge in [-0.2, -0.15) is 4.72 Å². The summed E-state index contributed by atoms with van der Waals surface area (Å²) < 4.78 is 28.0. The van der Waals surface area contributed by atoms with Crippen LogP contribution in [0.2, 0.25) is 5.02 Å². The van der Waals surface area contributed by atoms with Crippen molar-refractivity contribution >= 4 is 27.6 Å². The SMILES string of the molecule is C=C[C@@H](c1ccccc1)C(NS(=O)(=O)c1ccc(-c2ccc(Cl)cc2)cc1)C(=O)O. The van der Waals surface area contributed by atoms with E-state index in [0.29, 0.717) is 10.6 Å². The molecule has 3 aromatic carbocycles. The van der Waals surface area contributed by atoms with Gasteiger partial charge in [0, 0.05) is 10.9 Å². The van der Waals surface area contributed by atoms with Crippen LogP contribution in [0, 0.1) is 0 Å². The zero-order chi connectivity index (χ0) is 21.7. The predicted molar refractivity (Wildman–Crippen MR) is 118 cm³/mol. The summed E-state index contributed by atoms with van der Waals surface area (Å²) in [5.41, 5.74) is 2.35. The van der Waals surface area contributed by atoms with Crippen molar-refractivity contribution in [2.24, 2.45) is 0 Å². The minimum absolute atomic E-state index is 0.0256. The maximum Gasteiger partial charge on any atom is 0.322 e. The molecule has 2 atom stereocenters. The molecule has 0 spiro atoms. The predicted octanol–water partition coefficient (Wildman–Crippen LogP) is 4.71. The number of carbonyl (C=O) groups is 1. The first kappa shape index (κ1) is 21.8. The highest BCUT2D eigenvalue weighted by atomic mass is 35.5. The van der Waals surface area contributed by atoms with Crippen LogP contribution < -0.4 is 4.72 Å². The van der Waals surface area contributed by atoms with Gasteiger partial charge in [0.05, 0.1) is 4.90 Å². The standard InChI is InChI=1S/C23H20ClNO4S/c1-2-21(18-6-4-3-5-7-18)22(23(26)27)25-30(28,29)20-14-10-17(11-15-20)16-8-12-19(24)13-9-16/h2-15,21-22,25H,1H2,(H,26,27)/t21-,22?/m0/s1. The molecular weight excluding hydrogens is 422 g/mol. The van der Waals surface area contributed by atoms with E-state index in [1.807, 2.05) is 12.1 Å². The number of aliphatic carboxylic acids is 1. The van der Waals surface area contributed by atoms with Gasteiger partial charge in [0.2, 0.25) is 10.0 Å². The van der Waals surface area contributed by atoms with E-state index in [9.17, 15) is 18.3 Å². The van der Waals surface area contributed by atoms with Crippen LogP contribution >= 0.6 is 11.6 Å². The van der Waals surface area contributed by atoms with Gasteiger partial charge >= 0.3 is 5.97 Å². The maximum absolute atomic E-state index is 12.9. The van der Waals surface area contributed by atoms with Gasteiger partial charge in [0.25, 0.3) is 0 Å². The molecule has 3 rings (SSSR count). The average Bonchev–Trinajstić information content (AvgIpc) is 2.75. The van der Waals surface area contributed by atoms with Crippen molar-refractivity contribution in [3.8, 4) is 11.1 Å². The van der Waals surface area contributed by atoms with Crippen LogP contribution in [0.3, 0.4) is 0 Å². The van der Waals surface area contributed by atoms with Gasteiger partial charge in [-0.15, -0.1) is 6.58 Å². The minimum atomic E-state index is -4.07. The van der Waals surface area contributed by atoms with Crippen molar-refractivity contribution in [3.05, 3.63) is 102 Å². The van der Waals surface area contributed by atoms with Crippen LogP contribution in [0.4, 0.5) is 0 Å². The second kappa shape index (κ2) is 9.26. The minimum Gasteiger partial charge on any atom is -0.480 e.